The zero-order valence-electron chi connectivity index (χ0n) is 65.6. The molecule has 0 unspecified atom stereocenters. The van der Waals surface area contributed by atoms with Crippen molar-refractivity contribution in [2.45, 2.75) is 41.5 Å². The fourth-order valence-electron chi connectivity index (χ4n) is 13.5. The first-order valence-corrected chi connectivity index (χ1v) is 38.8. The number of rotatable bonds is 10. The summed E-state index contributed by atoms with van der Waals surface area (Å²) in [4.78, 5) is 41.9. The number of nitrogens with zero attached hydrogens (tertiary/aromatic N) is 11. The van der Waals surface area contributed by atoms with Crippen molar-refractivity contribution in [3.05, 3.63) is 440 Å². The molecular weight excluding hydrogens is 1420 g/mol. The fraction of sp³-hybridized carbons (Fsp3) is 0.0571. The van der Waals surface area contributed by atoms with Crippen LogP contribution in [0.2, 0.25) is 0 Å². The molecule has 0 atom stereocenters. The van der Waals surface area contributed by atoms with E-state index in [1.165, 1.54) is 27.6 Å². The maximum absolute atomic E-state index is 4.86. The molecule has 0 fully saturated rings. The molecule has 0 amide bonds. The number of benzene rings is 14. The van der Waals surface area contributed by atoms with Crippen LogP contribution in [-0.2, 0) is 0 Å². The van der Waals surface area contributed by atoms with Gasteiger partial charge < -0.3 is 0 Å². The van der Waals surface area contributed by atoms with E-state index in [1.807, 2.05) is 166 Å². The molecule has 116 heavy (non-hydrogen) atoms. The second-order valence-electron chi connectivity index (χ2n) is 28.2. The van der Waals surface area contributed by atoms with Crippen LogP contribution in [0.25, 0.3) is 146 Å². The summed E-state index contributed by atoms with van der Waals surface area (Å²) in [7, 11) is 0. The third-order valence-corrected chi connectivity index (χ3v) is 19.4. The summed E-state index contributed by atoms with van der Waals surface area (Å²) in [6.45, 7) is 12.3. The van der Waals surface area contributed by atoms with E-state index >= 15 is 0 Å². The molecule has 0 bridgehead atoms. The highest BCUT2D eigenvalue weighted by Crippen LogP contribution is 2.34. The van der Waals surface area contributed by atoms with Gasteiger partial charge in [-0.2, -0.15) is 0 Å². The fourth-order valence-corrected chi connectivity index (χ4v) is 13.5. The van der Waals surface area contributed by atoms with Gasteiger partial charge in [0.25, 0.3) is 0 Å². The van der Waals surface area contributed by atoms with Crippen molar-refractivity contribution >= 4 is 44.0 Å². The summed E-state index contributed by atoms with van der Waals surface area (Å²) in [5.74, 6) is 3.47. The molecule has 20 rings (SSSR count). The maximum Gasteiger partial charge on any atom is 0.160 e. The quantitative estimate of drug-likeness (QED) is 0.132. The smallest absolute Gasteiger partial charge is 0.160 e. The van der Waals surface area contributed by atoms with E-state index in [0.29, 0.717) is 0 Å². The van der Waals surface area contributed by atoms with Crippen LogP contribution >= 0.6 is 0 Å². The lowest BCUT2D eigenvalue weighted by molar-refractivity contribution is 1.10. The summed E-state index contributed by atoms with van der Waals surface area (Å²) < 4.78 is 4.45. The third-order valence-electron chi connectivity index (χ3n) is 19.4. The predicted molar refractivity (Wildman–Crippen MR) is 479 cm³/mol. The van der Waals surface area contributed by atoms with Crippen molar-refractivity contribution in [3.8, 4) is 102 Å². The topological polar surface area (TPSA) is 126 Å². The lowest BCUT2D eigenvalue weighted by atomic mass is 10.1. The van der Waals surface area contributed by atoms with Gasteiger partial charge in [0.1, 0.15) is 11.6 Å². The van der Waals surface area contributed by atoms with E-state index in [0.717, 1.165) is 152 Å². The molecule has 0 aliphatic rings. The summed E-state index contributed by atoms with van der Waals surface area (Å²) in [5, 5.41) is 1.21. The molecule has 0 spiro atoms. The zero-order valence-corrected chi connectivity index (χ0v) is 65.6. The van der Waals surface area contributed by atoms with Gasteiger partial charge in [-0.15, -0.1) is 0 Å². The van der Waals surface area contributed by atoms with Crippen molar-refractivity contribution in [3.63, 3.8) is 0 Å². The van der Waals surface area contributed by atoms with Gasteiger partial charge in [-0.05, 0) is 139 Å². The van der Waals surface area contributed by atoms with Crippen LogP contribution in [0.1, 0.15) is 33.6 Å². The van der Waals surface area contributed by atoms with E-state index in [-0.39, 0.29) is 0 Å². The molecule has 11 nitrogen and oxygen atoms in total. The summed E-state index contributed by atoms with van der Waals surface area (Å²) in [6.07, 6.45) is 1.78. The second kappa shape index (κ2) is 36.8. The predicted octanol–water partition coefficient (Wildman–Crippen LogP) is 26.1. The van der Waals surface area contributed by atoms with Gasteiger partial charge in [-0.1, -0.05) is 326 Å². The number of aryl methyl sites for hydroxylation is 6. The van der Waals surface area contributed by atoms with E-state index in [1.54, 1.807) is 6.20 Å². The standard InChI is InChI=1S/2C23H18N2.2C20H16N2.C10H9N.C9H8N2/c1-17-9-8-14-20(15-17)23-24-21(18-10-4-2-5-11-18)16-22(25-23)19-12-6-3-7-13-19;1-17-12-14-20(15-13-17)23-24-21(18-8-4-2-5-9-18)16-22(25-23)19-10-6-3-7-11-19;1-15-8-7-9-16(14-15)20-21-18-12-5-6-13-19(18)22(20)17-10-3-2-4-11-17;1-15-11-13-16(14-12-15)20-21-18-9-5-6-10-19(18)22(20)17-7-3-2-4-8-17;1-8-6-7-9-4-2-3-5-10(9)11-8;1-7-6-10-8-4-2-3-5-9(8)11-7/h2*2-16H,1H3;2*2-14H,1H3;2-7H,1H3;2-6H,1H3. The Kier molecular flexibility index (Phi) is 24.2. The number of pyridine rings is 1. The molecule has 11 heteroatoms. The van der Waals surface area contributed by atoms with E-state index in [4.69, 9.17) is 29.9 Å². The minimum absolute atomic E-state index is 0.750. The molecular formula is C105H85N11. The molecule has 0 radical (unpaired) electrons. The molecule has 6 aromatic heterocycles. The highest BCUT2D eigenvalue weighted by atomic mass is 15.1. The Morgan fingerprint density at radius 2 is 0.543 bits per heavy atom. The van der Waals surface area contributed by atoms with E-state index in [9.17, 15) is 0 Å². The van der Waals surface area contributed by atoms with Crippen LogP contribution in [0.3, 0.4) is 0 Å². The van der Waals surface area contributed by atoms with E-state index < -0.39 is 0 Å². The molecule has 6 heterocycles. The van der Waals surface area contributed by atoms with Crippen molar-refractivity contribution < 1.29 is 0 Å². The molecule has 0 saturated carbocycles. The highest BCUT2D eigenvalue weighted by molar-refractivity contribution is 5.85. The normalized spacial score (nSPS) is 10.7. The number of hydrogen-bond donors (Lipinski definition) is 0. The van der Waals surface area contributed by atoms with Crippen LogP contribution in [0.5, 0.6) is 0 Å². The van der Waals surface area contributed by atoms with Crippen LogP contribution in [-0.4, -0.2) is 54.0 Å². The summed E-state index contributed by atoms with van der Waals surface area (Å²) >= 11 is 0. The third kappa shape index (κ3) is 19.1. The first-order valence-electron chi connectivity index (χ1n) is 38.8. The van der Waals surface area contributed by atoms with Crippen LogP contribution in [0.4, 0.5) is 0 Å². The van der Waals surface area contributed by atoms with Crippen LogP contribution in [0, 0.1) is 41.5 Å². The van der Waals surface area contributed by atoms with Crippen molar-refractivity contribution in [2.75, 3.05) is 0 Å². The SMILES string of the molecule is Cc1ccc(-c2nc(-c3ccccc3)cc(-c3ccccc3)n2)cc1.Cc1ccc(-c2nc3ccccc3n2-c2ccccc2)cc1.Cc1ccc2ccccc2n1.Cc1cccc(-c2nc(-c3ccccc3)cc(-c3ccccc3)n2)c1.Cc1cccc(-c2nc3ccccc3n2-c2ccccc2)c1.Cc1cnc2ccccc2n1. The molecule has 0 saturated heterocycles. The Bertz CT molecular complexity index is 6420. The molecule has 14 aromatic carbocycles. The average Bonchev–Trinajstić information content (AvgIpc) is 1.62. The summed E-state index contributed by atoms with van der Waals surface area (Å²) in [5.41, 5.74) is 29.0. The first-order chi connectivity index (χ1) is 57.0. The maximum atomic E-state index is 4.86. The van der Waals surface area contributed by atoms with Crippen LogP contribution in [0.15, 0.2) is 407 Å². The lowest BCUT2D eigenvalue weighted by Crippen LogP contribution is -1.97. The van der Waals surface area contributed by atoms with Crippen molar-refractivity contribution in [1.29, 1.82) is 0 Å². The minimum Gasteiger partial charge on any atom is -0.292 e. The molecule has 0 N–H and O–H groups in total. The number of fused-ring (bicyclic) bond motifs is 4. The summed E-state index contributed by atoms with van der Waals surface area (Å²) in [6, 6.07) is 136. The minimum atomic E-state index is 0.750. The Labute approximate surface area is 677 Å². The molecule has 20 aromatic rings. The van der Waals surface area contributed by atoms with Gasteiger partial charge in [-0.3, -0.25) is 19.1 Å². The molecule has 0 aliphatic heterocycles. The highest BCUT2D eigenvalue weighted by Gasteiger charge is 2.18. The number of hydrogen-bond acceptors (Lipinski definition) is 9. The van der Waals surface area contributed by atoms with Crippen LogP contribution < -0.4 is 0 Å². The first kappa shape index (κ1) is 76.3. The van der Waals surface area contributed by atoms with Gasteiger partial charge in [-0.25, -0.2) is 34.9 Å². The van der Waals surface area contributed by atoms with Gasteiger partial charge in [0.15, 0.2) is 11.6 Å². The Morgan fingerprint density at radius 3 is 1.00 bits per heavy atom. The monoisotopic (exact) mass is 1500 g/mol. The number of imidazole rings is 2. The Morgan fingerprint density at radius 1 is 0.198 bits per heavy atom. The largest absolute Gasteiger partial charge is 0.292 e. The zero-order chi connectivity index (χ0) is 79.4. The van der Waals surface area contributed by atoms with Crippen molar-refractivity contribution in [2.24, 2.45) is 0 Å². The van der Waals surface area contributed by atoms with Gasteiger partial charge in [0.05, 0.1) is 67.1 Å². The van der Waals surface area contributed by atoms with Gasteiger partial charge >= 0.3 is 0 Å². The van der Waals surface area contributed by atoms with Crippen molar-refractivity contribution in [1.82, 2.24) is 54.0 Å². The number of aromatic nitrogens is 11. The number of para-hydroxylation sites is 9. The lowest BCUT2D eigenvalue weighted by Gasteiger charge is -2.09. The van der Waals surface area contributed by atoms with Gasteiger partial charge in [0.2, 0.25) is 0 Å². The average molecular weight is 1500 g/mol. The molecule has 560 valence electrons. The Balaban J connectivity index is 0.000000112. The Hall–Kier alpha value is -15.1. The van der Waals surface area contributed by atoms with E-state index in [2.05, 4.69) is 301 Å². The second-order valence-corrected chi connectivity index (χ2v) is 28.2. The molecule has 0 aliphatic carbocycles. The van der Waals surface area contributed by atoms with Gasteiger partial charge in [0, 0.05) is 73.2 Å².